The van der Waals surface area contributed by atoms with Crippen LogP contribution in [0.25, 0.3) is 0 Å². The maximum atomic E-state index is 5.86. The molecule has 0 aliphatic rings. The molecule has 0 saturated carbocycles. The molecular weight excluding hydrogens is 198 g/mol. The molecule has 0 aliphatic carbocycles. The number of hydrogen-bond donors (Lipinski definition) is 1. The molecule has 2 nitrogen and oxygen atoms in total. The van der Waals surface area contributed by atoms with Gasteiger partial charge in [0.25, 0.3) is 0 Å². The molecule has 1 unspecified atom stereocenters. The molecule has 1 aromatic rings. The minimum atomic E-state index is 0.0525. The van der Waals surface area contributed by atoms with Crippen LogP contribution in [0.1, 0.15) is 37.9 Å². The van der Waals surface area contributed by atoms with Gasteiger partial charge in [-0.1, -0.05) is 18.2 Å². The Balaban J connectivity index is 3.03. The molecular formula is C14H21NO. The monoisotopic (exact) mass is 219 g/mol. The minimum absolute atomic E-state index is 0.0525. The zero-order valence-corrected chi connectivity index (χ0v) is 10.4. The van der Waals surface area contributed by atoms with Gasteiger partial charge in [0.1, 0.15) is 5.75 Å². The third-order valence-electron chi connectivity index (χ3n) is 2.34. The van der Waals surface area contributed by atoms with Crippen molar-refractivity contribution in [2.24, 2.45) is 5.73 Å². The van der Waals surface area contributed by atoms with E-state index < -0.39 is 0 Å². The van der Waals surface area contributed by atoms with E-state index in [0.717, 1.165) is 23.3 Å². The van der Waals surface area contributed by atoms with Gasteiger partial charge in [0.15, 0.2) is 0 Å². The zero-order valence-electron chi connectivity index (χ0n) is 10.4. The average Bonchev–Trinajstić information content (AvgIpc) is 2.20. The summed E-state index contributed by atoms with van der Waals surface area (Å²) in [6.07, 6.45) is 2.88. The molecule has 0 radical (unpaired) electrons. The Bertz CT molecular complexity index is 356. The Labute approximate surface area is 98.1 Å². The lowest BCUT2D eigenvalue weighted by atomic mass is 10.0. The molecule has 1 atom stereocenters. The maximum Gasteiger partial charge on any atom is 0.123 e. The Morgan fingerprint density at radius 3 is 2.56 bits per heavy atom. The summed E-state index contributed by atoms with van der Waals surface area (Å²) in [6, 6.07) is 6.17. The van der Waals surface area contributed by atoms with E-state index >= 15 is 0 Å². The molecule has 88 valence electrons. The van der Waals surface area contributed by atoms with Gasteiger partial charge in [0, 0.05) is 6.04 Å². The van der Waals surface area contributed by atoms with Crippen LogP contribution in [0.4, 0.5) is 0 Å². The largest absolute Gasteiger partial charge is 0.491 e. The van der Waals surface area contributed by atoms with Crippen LogP contribution in [0.15, 0.2) is 30.9 Å². The zero-order chi connectivity index (χ0) is 12.1. The summed E-state index contributed by atoms with van der Waals surface area (Å²) in [6.45, 7) is 9.80. The van der Waals surface area contributed by atoms with Gasteiger partial charge in [-0.2, -0.15) is 0 Å². The van der Waals surface area contributed by atoms with Crippen molar-refractivity contribution in [3.63, 3.8) is 0 Å². The van der Waals surface area contributed by atoms with Crippen molar-refractivity contribution in [3.05, 3.63) is 42.0 Å². The van der Waals surface area contributed by atoms with E-state index in [1.807, 2.05) is 39.0 Å². The number of benzene rings is 1. The SMILES string of the molecule is C=CCc1cc(C(C)N)ccc1OC(C)C. The van der Waals surface area contributed by atoms with Crippen molar-refractivity contribution < 1.29 is 4.74 Å². The Hall–Kier alpha value is -1.28. The standard InChI is InChI=1S/C14H21NO/c1-5-6-13-9-12(11(4)15)7-8-14(13)16-10(2)3/h5,7-11H,1,6,15H2,2-4H3. The summed E-state index contributed by atoms with van der Waals surface area (Å²) in [4.78, 5) is 0. The average molecular weight is 219 g/mol. The number of nitrogens with two attached hydrogens (primary N) is 1. The van der Waals surface area contributed by atoms with Gasteiger partial charge in [-0.25, -0.2) is 0 Å². The predicted molar refractivity (Wildman–Crippen MR) is 68.7 cm³/mol. The highest BCUT2D eigenvalue weighted by molar-refractivity contribution is 5.39. The minimum Gasteiger partial charge on any atom is -0.491 e. The van der Waals surface area contributed by atoms with E-state index in [0.29, 0.717) is 0 Å². The second kappa shape index (κ2) is 5.71. The van der Waals surface area contributed by atoms with E-state index in [2.05, 4.69) is 12.6 Å². The van der Waals surface area contributed by atoms with Gasteiger partial charge in [0.05, 0.1) is 6.10 Å². The summed E-state index contributed by atoms with van der Waals surface area (Å²) in [7, 11) is 0. The van der Waals surface area contributed by atoms with Gasteiger partial charge in [0.2, 0.25) is 0 Å². The predicted octanol–water partition coefficient (Wildman–Crippen LogP) is 3.22. The molecule has 2 heteroatoms. The molecule has 0 spiro atoms. The van der Waals surface area contributed by atoms with E-state index in [1.54, 1.807) is 0 Å². The Morgan fingerprint density at radius 1 is 1.38 bits per heavy atom. The van der Waals surface area contributed by atoms with Crippen LogP contribution in [0, 0.1) is 0 Å². The Kier molecular flexibility index (Phi) is 4.56. The van der Waals surface area contributed by atoms with Crippen molar-refractivity contribution in [2.75, 3.05) is 0 Å². The van der Waals surface area contributed by atoms with Gasteiger partial charge in [-0.3, -0.25) is 0 Å². The first-order valence-electron chi connectivity index (χ1n) is 5.70. The fraction of sp³-hybridized carbons (Fsp3) is 0.429. The maximum absolute atomic E-state index is 5.86. The fourth-order valence-corrected chi connectivity index (χ4v) is 1.57. The summed E-state index contributed by atoms with van der Waals surface area (Å²) in [5, 5.41) is 0. The van der Waals surface area contributed by atoms with Gasteiger partial charge < -0.3 is 10.5 Å². The van der Waals surface area contributed by atoms with Gasteiger partial charge in [-0.15, -0.1) is 6.58 Å². The van der Waals surface area contributed by atoms with Crippen molar-refractivity contribution in [2.45, 2.75) is 39.3 Å². The summed E-state index contributed by atoms with van der Waals surface area (Å²) in [5.41, 5.74) is 8.15. The molecule has 2 N–H and O–H groups in total. The lowest BCUT2D eigenvalue weighted by Gasteiger charge is -2.16. The van der Waals surface area contributed by atoms with Gasteiger partial charge >= 0.3 is 0 Å². The quantitative estimate of drug-likeness (QED) is 0.772. The smallest absolute Gasteiger partial charge is 0.123 e. The molecule has 0 fully saturated rings. The molecule has 0 bridgehead atoms. The van der Waals surface area contributed by atoms with E-state index in [1.165, 1.54) is 0 Å². The van der Waals surface area contributed by atoms with Crippen molar-refractivity contribution in [3.8, 4) is 5.75 Å². The number of allylic oxidation sites excluding steroid dienone is 1. The lowest BCUT2D eigenvalue weighted by Crippen LogP contribution is -2.09. The third-order valence-corrected chi connectivity index (χ3v) is 2.34. The summed E-state index contributed by atoms with van der Waals surface area (Å²) >= 11 is 0. The van der Waals surface area contributed by atoms with Crippen LogP contribution < -0.4 is 10.5 Å². The first kappa shape index (κ1) is 12.8. The van der Waals surface area contributed by atoms with Crippen molar-refractivity contribution in [1.82, 2.24) is 0 Å². The van der Waals surface area contributed by atoms with Crippen molar-refractivity contribution >= 4 is 0 Å². The van der Waals surface area contributed by atoms with Gasteiger partial charge in [-0.05, 0) is 44.4 Å². The van der Waals surface area contributed by atoms with E-state index in [4.69, 9.17) is 10.5 Å². The summed E-state index contributed by atoms with van der Waals surface area (Å²) < 4.78 is 5.74. The molecule has 0 aromatic heterocycles. The highest BCUT2D eigenvalue weighted by atomic mass is 16.5. The molecule has 0 aliphatic heterocycles. The van der Waals surface area contributed by atoms with Crippen LogP contribution in [0.3, 0.4) is 0 Å². The lowest BCUT2D eigenvalue weighted by molar-refractivity contribution is 0.240. The first-order valence-corrected chi connectivity index (χ1v) is 5.70. The molecule has 16 heavy (non-hydrogen) atoms. The topological polar surface area (TPSA) is 35.2 Å². The Morgan fingerprint density at radius 2 is 2.06 bits per heavy atom. The van der Waals surface area contributed by atoms with E-state index in [9.17, 15) is 0 Å². The number of hydrogen-bond acceptors (Lipinski definition) is 2. The van der Waals surface area contributed by atoms with Crippen LogP contribution in [-0.4, -0.2) is 6.10 Å². The highest BCUT2D eigenvalue weighted by Gasteiger charge is 2.07. The number of ether oxygens (including phenoxy) is 1. The van der Waals surface area contributed by atoms with Crippen LogP contribution in [0.2, 0.25) is 0 Å². The fourth-order valence-electron chi connectivity index (χ4n) is 1.57. The first-order chi connectivity index (χ1) is 7.54. The van der Waals surface area contributed by atoms with E-state index in [-0.39, 0.29) is 12.1 Å². The molecule has 1 rings (SSSR count). The molecule has 1 aromatic carbocycles. The van der Waals surface area contributed by atoms with Crippen molar-refractivity contribution in [1.29, 1.82) is 0 Å². The molecule has 0 amide bonds. The molecule has 0 heterocycles. The van der Waals surface area contributed by atoms with Crippen LogP contribution in [-0.2, 0) is 6.42 Å². The van der Waals surface area contributed by atoms with Crippen LogP contribution >= 0.6 is 0 Å². The number of rotatable bonds is 5. The highest BCUT2D eigenvalue weighted by Crippen LogP contribution is 2.24. The summed E-state index contributed by atoms with van der Waals surface area (Å²) in [5.74, 6) is 0.930. The second-order valence-corrected chi connectivity index (χ2v) is 4.32. The van der Waals surface area contributed by atoms with Crippen LogP contribution in [0.5, 0.6) is 5.75 Å². The molecule has 0 saturated heterocycles. The third kappa shape index (κ3) is 3.38. The second-order valence-electron chi connectivity index (χ2n) is 4.32. The normalized spacial score (nSPS) is 12.6.